The lowest BCUT2D eigenvalue weighted by atomic mass is 9.72. The number of amidine groups is 1. The van der Waals surface area contributed by atoms with Crippen LogP contribution in [0.1, 0.15) is 32.1 Å². The Bertz CT molecular complexity index is 334. The van der Waals surface area contributed by atoms with Crippen LogP contribution in [0.5, 0.6) is 0 Å². The highest BCUT2D eigenvalue weighted by Gasteiger charge is 2.43. The second-order valence-corrected chi connectivity index (χ2v) is 4.28. The quantitative estimate of drug-likeness (QED) is 0.224. The summed E-state index contributed by atoms with van der Waals surface area (Å²) in [4.78, 5) is 22.7. The van der Waals surface area contributed by atoms with E-state index in [1.165, 1.54) is 0 Å². The van der Waals surface area contributed by atoms with Crippen molar-refractivity contribution >= 4 is 17.6 Å². The summed E-state index contributed by atoms with van der Waals surface area (Å²) in [5.41, 5.74) is 9.57. The van der Waals surface area contributed by atoms with E-state index >= 15 is 0 Å². The Balaban J connectivity index is 2.82. The summed E-state index contributed by atoms with van der Waals surface area (Å²) in [7, 11) is 0. The first-order valence-electron chi connectivity index (χ1n) is 5.57. The zero-order valence-corrected chi connectivity index (χ0v) is 9.61. The number of carbonyl (C=O) groups is 2. The molecule has 0 aromatic carbocycles. The van der Waals surface area contributed by atoms with Crippen LogP contribution in [0, 0.1) is 5.41 Å². The lowest BCUT2D eigenvalue weighted by molar-refractivity contribution is -0.131. The molecule has 0 aromatic rings. The van der Waals surface area contributed by atoms with Gasteiger partial charge in [-0.2, -0.15) is 0 Å². The molecule has 1 saturated carbocycles. The molecular weight excluding hydrogens is 224 g/mol. The van der Waals surface area contributed by atoms with Crippen molar-refractivity contribution in [3.05, 3.63) is 0 Å². The Labute approximate surface area is 99.2 Å². The number of nitrogens with two attached hydrogens (primary N) is 2. The van der Waals surface area contributed by atoms with Crippen LogP contribution < -0.4 is 16.8 Å². The smallest absolute Gasteiger partial charge is 0.236 e. The van der Waals surface area contributed by atoms with Gasteiger partial charge in [-0.1, -0.05) is 24.4 Å². The predicted octanol–water partition coefficient (Wildman–Crippen LogP) is -0.715. The summed E-state index contributed by atoms with van der Waals surface area (Å²) in [6, 6.07) is 0. The van der Waals surface area contributed by atoms with E-state index < -0.39 is 17.2 Å². The van der Waals surface area contributed by atoms with Gasteiger partial charge in [0.15, 0.2) is 5.84 Å². The normalized spacial score (nSPS) is 19.6. The van der Waals surface area contributed by atoms with Crippen LogP contribution in [-0.2, 0) is 9.59 Å². The monoisotopic (exact) mass is 242 g/mol. The molecule has 2 amide bonds. The number of primary amides is 1. The van der Waals surface area contributed by atoms with E-state index in [0.29, 0.717) is 12.8 Å². The number of rotatable bonds is 4. The van der Waals surface area contributed by atoms with Crippen molar-refractivity contribution in [2.24, 2.45) is 22.0 Å². The molecule has 0 aliphatic heterocycles. The molecule has 0 unspecified atom stereocenters. The van der Waals surface area contributed by atoms with E-state index in [1.807, 2.05) is 0 Å². The summed E-state index contributed by atoms with van der Waals surface area (Å²) in [6.45, 7) is -0.237. The zero-order valence-electron chi connectivity index (χ0n) is 9.61. The zero-order chi connectivity index (χ0) is 12.9. The number of hydrogen-bond donors (Lipinski definition) is 4. The largest absolute Gasteiger partial charge is 0.409 e. The maximum atomic E-state index is 12.0. The minimum atomic E-state index is -0.998. The summed E-state index contributed by atoms with van der Waals surface area (Å²) >= 11 is 0. The fraction of sp³-hybridized carbons (Fsp3) is 0.700. The van der Waals surface area contributed by atoms with Crippen molar-refractivity contribution in [2.45, 2.75) is 32.1 Å². The van der Waals surface area contributed by atoms with Crippen molar-refractivity contribution < 1.29 is 14.8 Å². The van der Waals surface area contributed by atoms with Crippen molar-refractivity contribution in [3.63, 3.8) is 0 Å². The predicted molar refractivity (Wildman–Crippen MR) is 61.1 cm³/mol. The Morgan fingerprint density at radius 3 is 2.29 bits per heavy atom. The molecule has 0 aromatic heterocycles. The molecule has 0 bridgehead atoms. The molecular formula is C10H18N4O3. The summed E-state index contributed by atoms with van der Waals surface area (Å²) in [5, 5.41) is 14.1. The lowest BCUT2D eigenvalue weighted by Gasteiger charge is -2.34. The standard InChI is InChI=1S/C10H18N4O3/c11-7(15)6-13-9(16)10(8(12)14-17)4-2-1-3-5-10/h17H,1-6H2,(H2,11,15)(H2,12,14)(H,13,16). The molecule has 1 rings (SSSR count). The van der Waals surface area contributed by atoms with Gasteiger partial charge < -0.3 is 22.0 Å². The topological polar surface area (TPSA) is 131 Å². The average molecular weight is 242 g/mol. The lowest BCUT2D eigenvalue weighted by Crippen LogP contribution is -2.52. The molecule has 17 heavy (non-hydrogen) atoms. The van der Waals surface area contributed by atoms with E-state index in [4.69, 9.17) is 16.7 Å². The van der Waals surface area contributed by atoms with Crippen LogP contribution in [0.4, 0.5) is 0 Å². The number of hydrogen-bond acceptors (Lipinski definition) is 4. The van der Waals surface area contributed by atoms with Crippen molar-refractivity contribution in [1.82, 2.24) is 5.32 Å². The van der Waals surface area contributed by atoms with Gasteiger partial charge >= 0.3 is 0 Å². The van der Waals surface area contributed by atoms with E-state index in [0.717, 1.165) is 19.3 Å². The molecule has 1 fully saturated rings. The van der Waals surface area contributed by atoms with Crippen molar-refractivity contribution in [1.29, 1.82) is 0 Å². The van der Waals surface area contributed by atoms with E-state index in [-0.39, 0.29) is 12.4 Å². The second-order valence-electron chi connectivity index (χ2n) is 4.28. The first kappa shape index (κ1) is 13.3. The number of amides is 2. The van der Waals surface area contributed by atoms with E-state index in [1.54, 1.807) is 0 Å². The van der Waals surface area contributed by atoms with Crippen molar-refractivity contribution in [3.8, 4) is 0 Å². The van der Waals surface area contributed by atoms with Gasteiger partial charge in [-0.15, -0.1) is 0 Å². The van der Waals surface area contributed by atoms with Gasteiger partial charge in [0.2, 0.25) is 11.8 Å². The number of nitrogens with one attached hydrogen (secondary N) is 1. The molecule has 1 aliphatic carbocycles. The van der Waals surface area contributed by atoms with Crippen LogP contribution in [0.25, 0.3) is 0 Å². The Morgan fingerprint density at radius 1 is 1.24 bits per heavy atom. The molecule has 7 nitrogen and oxygen atoms in total. The molecule has 0 atom stereocenters. The van der Waals surface area contributed by atoms with Crippen LogP contribution >= 0.6 is 0 Å². The van der Waals surface area contributed by atoms with E-state index in [9.17, 15) is 9.59 Å². The van der Waals surface area contributed by atoms with Gasteiger partial charge in [0.05, 0.1) is 6.54 Å². The number of carbonyl (C=O) groups excluding carboxylic acids is 2. The molecule has 96 valence electrons. The highest BCUT2D eigenvalue weighted by molar-refractivity contribution is 6.07. The maximum absolute atomic E-state index is 12.0. The summed E-state index contributed by atoms with van der Waals surface area (Å²) in [5.74, 6) is -1.12. The Morgan fingerprint density at radius 2 is 1.82 bits per heavy atom. The SMILES string of the molecule is NC(=O)CNC(=O)C1(C(N)=NO)CCCCC1. The molecule has 0 radical (unpaired) electrons. The second kappa shape index (κ2) is 5.51. The molecule has 7 heteroatoms. The third kappa shape index (κ3) is 2.86. The first-order chi connectivity index (χ1) is 8.03. The number of nitrogens with zero attached hydrogens (tertiary/aromatic N) is 1. The van der Waals surface area contributed by atoms with Gasteiger partial charge in [-0.25, -0.2) is 0 Å². The van der Waals surface area contributed by atoms with Gasteiger partial charge in [0.1, 0.15) is 5.41 Å². The number of oxime groups is 1. The maximum Gasteiger partial charge on any atom is 0.236 e. The minimum Gasteiger partial charge on any atom is -0.409 e. The minimum absolute atomic E-state index is 0.0980. The molecule has 0 heterocycles. The van der Waals surface area contributed by atoms with Crippen LogP contribution in [0.15, 0.2) is 5.16 Å². The van der Waals surface area contributed by atoms with Crippen LogP contribution in [-0.4, -0.2) is 29.4 Å². The first-order valence-corrected chi connectivity index (χ1v) is 5.57. The van der Waals surface area contributed by atoms with Gasteiger partial charge in [0, 0.05) is 0 Å². The highest BCUT2D eigenvalue weighted by Crippen LogP contribution is 2.36. The fourth-order valence-corrected chi connectivity index (χ4v) is 2.19. The van der Waals surface area contributed by atoms with E-state index in [2.05, 4.69) is 10.5 Å². The third-order valence-corrected chi connectivity index (χ3v) is 3.16. The molecule has 0 spiro atoms. The average Bonchev–Trinajstić information content (AvgIpc) is 2.35. The molecule has 1 aliphatic rings. The van der Waals surface area contributed by atoms with Crippen LogP contribution in [0.2, 0.25) is 0 Å². The Kier molecular flexibility index (Phi) is 4.30. The highest BCUT2D eigenvalue weighted by atomic mass is 16.4. The Hall–Kier alpha value is -1.79. The summed E-state index contributed by atoms with van der Waals surface area (Å²) < 4.78 is 0. The summed E-state index contributed by atoms with van der Waals surface area (Å²) in [6.07, 6.45) is 3.73. The van der Waals surface area contributed by atoms with Crippen LogP contribution in [0.3, 0.4) is 0 Å². The molecule has 6 N–H and O–H groups in total. The van der Waals surface area contributed by atoms with Gasteiger partial charge in [0.25, 0.3) is 0 Å². The third-order valence-electron chi connectivity index (χ3n) is 3.16. The fourth-order valence-electron chi connectivity index (χ4n) is 2.19. The van der Waals surface area contributed by atoms with Gasteiger partial charge in [-0.3, -0.25) is 9.59 Å². The van der Waals surface area contributed by atoms with Gasteiger partial charge in [-0.05, 0) is 12.8 Å². The van der Waals surface area contributed by atoms with Crippen molar-refractivity contribution in [2.75, 3.05) is 6.54 Å². The molecule has 0 saturated heterocycles.